The molecule has 0 spiro atoms. The van der Waals surface area contributed by atoms with Gasteiger partial charge in [0.25, 0.3) is 5.69 Å². The number of aromatic nitrogens is 4. The molecular formula is C18H14N6O2S. The van der Waals surface area contributed by atoms with E-state index in [1.807, 2.05) is 35.0 Å². The Morgan fingerprint density at radius 2 is 2.04 bits per heavy atom. The van der Waals surface area contributed by atoms with E-state index in [1.54, 1.807) is 28.0 Å². The van der Waals surface area contributed by atoms with E-state index in [0.29, 0.717) is 18.0 Å². The number of nitrogens with zero attached hydrogens (tertiary/aromatic N) is 6. The van der Waals surface area contributed by atoms with Crippen molar-refractivity contribution in [2.75, 3.05) is 11.4 Å². The second-order valence-corrected chi connectivity index (χ2v) is 7.16. The molecule has 0 atom stereocenters. The summed E-state index contributed by atoms with van der Waals surface area (Å²) in [6.45, 7) is 1.39. The summed E-state index contributed by atoms with van der Waals surface area (Å²) >= 11 is 1.60. The number of fused-ring (bicyclic) bond motifs is 2. The van der Waals surface area contributed by atoms with Crippen molar-refractivity contribution in [2.45, 2.75) is 13.0 Å². The Kier molecular flexibility index (Phi) is 3.61. The number of nitro groups is 1. The third-order valence-corrected chi connectivity index (χ3v) is 5.45. The van der Waals surface area contributed by atoms with Crippen molar-refractivity contribution < 1.29 is 4.92 Å². The van der Waals surface area contributed by atoms with Gasteiger partial charge >= 0.3 is 0 Å². The Hall–Kier alpha value is -3.33. The van der Waals surface area contributed by atoms with Crippen LogP contribution < -0.4 is 4.90 Å². The molecule has 1 aliphatic heterocycles. The number of hydrogen-bond donors (Lipinski definition) is 0. The first-order valence-corrected chi connectivity index (χ1v) is 9.39. The van der Waals surface area contributed by atoms with Crippen LogP contribution in [0.5, 0.6) is 0 Å². The van der Waals surface area contributed by atoms with E-state index in [-0.39, 0.29) is 10.6 Å². The molecular weight excluding hydrogens is 364 g/mol. The predicted molar refractivity (Wildman–Crippen MR) is 102 cm³/mol. The minimum atomic E-state index is -0.353. The Labute approximate surface area is 157 Å². The van der Waals surface area contributed by atoms with Crippen LogP contribution in [0.4, 0.5) is 11.5 Å². The highest BCUT2D eigenvalue weighted by Gasteiger charge is 2.21. The van der Waals surface area contributed by atoms with E-state index in [9.17, 15) is 10.1 Å². The highest BCUT2D eigenvalue weighted by Crippen LogP contribution is 2.27. The van der Waals surface area contributed by atoms with Crippen molar-refractivity contribution in [3.8, 4) is 11.4 Å². The summed E-state index contributed by atoms with van der Waals surface area (Å²) in [5.41, 5.74) is 3.92. The SMILES string of the molecule is O=[N+]([O-])c1ccc2c(c1)CN(c1ccc3nnc(-c4ccsc4)n3n1)CC2. The zero-order valence-electron chi connectivity index (χ0n) is 14.1. The van der Waals surface area contributed by atoms with Gasteiger partial charge in [-0.15, -0.1) is 15.3 Å². The Morgan fingerprint density at radius 3 is 2.85 bits per heavy atom. The summed E-state index contributed by atoms with van der Waals surface area (Å²) in [5.74, 6) is 1.51. The number of rotatable bonds is 3. The third-order valence-electron chi connectivity index (χ3n) is 4.77. The van der Waals surface area contributed by atoms with E-state index in [4.69, 9.17) is 5.10 Å². The summed E-state index contributed by atoms with van der Waals surface area (Å²) < 4.78 is 1.75. The van der Waals surface area contributed by atoms with Crippen molar-refractivity contribution in [2.24, 2.45) is 0 Å². The molecule has 0 amide bonds. The molecule has 0 aliphatic carbocycles. The first kappa shape index (κ1) is 15.9. The van der Waals surface area contributed by atoms with Crippen LogP contribution in [0.1, 0.15) is 11.1 Å². The number of non-ortho nitro benzene ring substituents is 1. The van der Waals surface area contributed by atoms with Gasteiger partial charge < -0.3 is 4.90 Å². The molecule has 4 aromatic rings. The van der Waals surface area contributed by atoms with Crippen LogP contribution in [0.3, 0.4) is 0 Å². The number of benzene rings is 1. The van der Waals surface area contributed by atoms with Crippen LogP contribution in [-0.4, -0.2) is 31.3 Å². The molecule has 1 aliphatic rings. The first-order valence-electron chi connectivity index (χ1n) is 8.45. The minimum absolute atomic E-state index is 0.123. The van der Waals surface area contributed by atoms with Crippen LogP contribution >= 0.6 is 11.3 Å². The summed E-state index contributed by atoms with van der Waals surface area (Å²) in [4.78, 5) is 12.8. The lowest BCUT2D eigenvalue weighted by Gasteiger charge is -2.29. The summed E-state index contributed by atoms with van der Waals surface area (Å²) in [7, 11) is 0. The molecule has 8 nitrogen and oxygen atoms in total. The first-order chi connectivity index (χ1) is 13.2. The van der Waals surface area contributed by atoms with Gasteiger partial charge in [0.05, 0.1) is 4.92 Å². The molecule has 27 heavy (non-hydrogen) atoms. The topological polar surface area (TPSA) is 89.5 Å². The zero-order valence-corrected chi connectivity index (χ0v) is 15.0. The molecule has 3 aromatic heterocycles. The Balaban J connectivity index is 1.52. The van der Waals surface area contributed by atoms with Crippen LogP contribution in [0.2, 0.25) is 0 Å². The van der Waals surface area contributed by atoms with Gasteiger partial charge in [-0.1, -0.05) is 6.07 Å². The average molecular weight is 378 g/mol. The molecule has 0 saturated carbocycles. The summed E-state index contributed by atoms with van der Waals surface area (Å²) in [6, 6.07) is 10.9. The third kappa shape index (κ3) is 2.72. The molecule has 5 rings (SSSR count). The molecule has 1 aromatic carbocycles. The van der Waals surface area contributed by atoms with Crippen molar-refractivity contribution in [3.05, 3.63) is 68.4 Å². The number of nitro benzene ring substituents is 1. The second-order valence-electron chi connectivity index (χ2n) is 6.38. The van der Waals surface area contributed by atoms with Crippen molar-refractivity contribution >= 4 is 28.5 Å². The van der Waals surface area contributed by atoms with Gasteiger partial charge in [0.2, 0.25) is 0 Å². The quantitative estimate of drug-likeness (QED) is 0.401. The fourth-order valence-corrected chi connectivity index (χ4v) is 4.01. The fourth-order valence-electron chi connectivity index (χ4n) is 3.37. The molecule has 0 unspecified atom stereocenters. The van der Waals surface area contributed by atoms with E-state index in [2.05, 4.69) is 15.1 Å². The van der Waals surface area contributed by atoms with Crippen LogP contribution in [0, 0.1) is 10.1 Å². The fraction of sp³-hybridized carbons (Fsp3) is 0.167. The van der Waals surface area contributed by atoms with Gasteiger partial charge in [0.15, 0.2) is 11.5 Å². The lowest BCUT2D eigenvalue weighted by Crippen LogP contribution is -2.31. The van der Waals surface area contributed by atoms with Crippen molar-refractivity contribution in [1.29, 1.82) is 0 Å². The normalized spacial score (nSPS) is 13.7. The molecule has 134 valence electrons. The van der Waals surface area contributed by atoms with E-state index >= 15 is 0 Å². The molecule has 9 heteroatoms. The van der Waals surface area contributed by atoms with Gasteiger partial charge in [0.1, 0.15) is 5.82 Å². The maximum Gasteiger partial charge on any atom is 0.269 e. The minimum Gasteiger partial charge on any atom is -0.351 e. The lowest BCUT2D eigenvalue weighted by atomic mass is 9.99. The summed E-state index contributed by atoms with van der Waals surface area (Å²) in [6.07, 6.45) is 0.826. The highest BCUT2D eigenvalue weighted by atomic mass is 32.1. The number of thiophene rings is 1. The van der Waals surface area contributed by atoms with E-state index in [0.717, 1.165) is 35.5 Å². The largest absolute Gasteiger partial charge is 0.351 e. The molecule has 4 heterocycles. The Bertz CT molecular complexity index is 1150. The molecule has 0 N–H and O–H groups in total. The maximum absolute atomic E-state index is 11.1. The zero-order chi connectivity index (χ0) is 18.4. The van der Waals surface area contributed by atoms with Crippen molar-refractivity contribution in [1.82, 2.24) is 19.8 Å². The van der Waals surface area contributed by atoms with E-state index < -0.39 is 0 Å². The molecule has 0 radical (unpaired) electrons. The monoisotopic (exact) mass is 378 g/mol. The van der Waals surface area contributed by atoms with Gasteiger partial charge in [-0.2, -0.15) is 15.9 Å². The van der Waals surface area contributed by atoms with Crippen molar-refractivity contribution in [3.63, 3.8) is 0 Å². The number of hydrogen-bond acceptors (Lipinski definition) is 7. The lowest BCUT2D eigenvalue weighted by molar-refractivity contribution is -0.384. The maximum atomic E-state index is 11.1. The Morgan fingerprint density at radius 1 is 1.11 bits per heavy atom. The van der Waals surface area contributed by atoms with Crippen LogP contribution in [-0.2, 0) is 13.0 Å². The van der Waals surface area contributed by atoms with Gasteiger partial charge in [-0.25, -0.2) is 0 Å². The molecule has 0 saturated heterocycles. The van der Waals surface area contributed by atoms with Crippen LogP contribution in [0.15, 0.2) is 47.2 Å². The number of anilines is 1. The molecule has 0 bridgehead atoms. The smallest absolute Gasteiger partial charge is 0.269 e. The van der Waals surface area contributed by atoms with Crippen LogP contribution in [0.25, 0.3) is 17.0 Å². The van der Waals surface area contributed by atoms with E-state index in [1.165, 1.54) is 0 Å². The van der Waals surface area contributed by atoms with Gasteiger partial charge in [-0.3, -0.25) is 10.1 Å². The molecule has 0 fully saturated rings. The standard InChI is InChI=1S/C18H14N6O2S/c25-24(26)15-2-1-12-5-7-22(10-14(12)9-15)17-4-3-16-19-20-18(23(16)21-17)13-6-8-27-11-13/h1-4,6,8-9,11H,5,7,10H2. The van der Waals surface area contributed by atoms with Gasteiger partial charge in [0, 0.05) is 36.2 Å². The highest BCUT2D eigenvalue weighted by molar-refractivity contribution is 7.08. The average Bonchev–Trinajstić information content (AvgIpc) is 3.35. The predicted octanol–water partition coefficient (Wildman–Crippen LogP) is 3.32. The second kappa shape index (κ2) is 6.13. The van der Waals surface area contributed by atoms with Gasteiger partial charge in [-0.05, 0) is 41.1 Å². The summed E-state index contributed by atoms with van der Waals surface area (Å²) in [5, 5.41) is 28.3.